The Hall–Kier alpha value is -2.44. The van der Waals surface area contributed by atoms with Gasteiger partial charge in [0.15, 0.2) is 0 Å². The van der Waals surface area contributed by atoms with Crippen molar-refractivity contribution >= 4 is 17.7 Å². The number of amides is 2. The molecular weight excluding hydrogens is 348 g/mol. The van der Waals surface area contributed by atoms with Gasteiger partial charge in [0.1, 0.15) is 23.1 Å². The molecule has 1 N–H and O–H groups in total. The number of carbonyl (C=O) groups excluding carboxylic acids is 2. The highest BCUT2D eigenvalue weighted by Crippen LogP contribution is 2.31. The summed E-state index contributed by atoms with van der Waals surface area (Å²) in [5, 5.41) is 2.89. The first-order valence-electron chi connectivity index (χ1n) is 9.45. The Kier molecular flexibility index (Phi) is 6.93. The molecule has 7 nitrogen and oxygen atoms in total. The van der Waals surface area contributed by atoms with Crippen LogP contribution in [0.15, 0.2) is 18.2 Å². The fourth-order valence-electron chi connectivity index (χ4n) is 2.94. The van der Waals surface area contributed by atoms with E-state index in [0.717, 1.165) is 6.42 Å². The summed E-state index contributed by atoms with van der Waals surface area (Å²) in [6.45, 7) is 10.7. The number of anilines is 1. The van der Waals surface area contributed by atoms with E-state index in [0.29, 0.717) is 43.4 Å². The van der Waals surface area contributed by atoms with Crippen molar-refractivity contribution in [1.29, 1.82) is 0 Å². The Bertz CT molecular complexity index is 669. The van der Waals surface area contributed by atoms with Crippen molar-refractivity contribution < 1.29 is 23.8 Å². The summed E-state index contributed by atoms with van der Waals surface area (Å²) >= 11 is 0. The summed E-state index contributed by atoms with van der Waals surface area (Å²) in [6, 6.07) is 4.74. The Morgan fingerprint density at radius 1 is 1.19 bits per heavy atom. The molecule has 0 aliphatic carbocycles. The highest BCUT2D eigenvalue weighted by Gasteiger charge is 2.36. The third-order valence-electron chi connectivity index (χ3n) is 4.00. The van der Waals surface area contributed by atoms with Gasteiger partial charge < -0.3 is 19.5 Å². The van der Waals surface area contributed by atoms with Gasteiger partial charge in [0.05, 0.1) is 18.9 Å². The molecule has 1 fully saturated rings. The second kappa shape index (κ2) is 8.97. The minimum Gasteiger partial charge on any atom is -0.494 e. The summed E-state index contributed by atoms with van der Waals surface area (Å²) in [6.07, 6.45) is 0.891. The molecule has 1 aliphatic heterocycles. The number of hydrogen-bond donors (Lipinski definition) is 1. The van der Waals surface area contributed by atoms with Gasteiger partial charge in [0.25, 0.3) is 0 Å². The summed E-state index contributed by atoms with van der Waals surface area (Å²) in [7, 11) is 0. The van der Waals surface area contributed by atoms with Crippen LogP contribution < -0.4 is 14.8 Å². The summed E-state index contributed by atoms with van der Waals surface area (Å²) < 4.78 is 16.5. The predicted molar refractivity (Wildman–Crippen MR) is 103 cm³/mol. The number of rotatable bonds is 6. The van der Waals surface area contributed by atoms with Crippen LogP contribution in [0, 0.1) is 0 Å². The maximum absolute atomic E-state index is 12.9. The van der Waals surface area contributed by atoms with E-state index >= 15 is 0 Å². The van der Waals surface area contributed by atoms with Gasteiger partial charge >= 0.3 is 6.09 Å². The van der Waals surface area contributed by atoms with Gasteiger partial charge in [-0.3, -0.25) is 9.69 Å². The van der Waals surface area contributed by atoms with Crippen LogP contribution in [0.5, 0.6) is 11.5 Å². The van der Waals surface area contributed by atoms with E-state index < -0.39 is 17.7 Å². The summed E-state index contributed by atoms with van der Waals surface area (Å²) in [5.74, 6) is 0.954. The van der Waals surface area contributed by atoms with E-state index in [1.807, 2.05) is 34.6 Å². The fraction of sp³-hybridized carbons (Fsp3) is 0.600. The van der Waals surface area contributed by atoms with Crippen LogP contribution in [-0.4, -0.2) is 48.3 Å². The smallest absolute Gasteiger partial charge is 0.410 e. The van der Waals surface area contributed by atoms with Crippen LogP contribution >= 0.6 is 0 Å². The van der Waals surface area contributed by atoms with Crippen LogP contribution in [0.25, 0.3) is 0 Å². The Morgan fingerprint density at radius 2 is 1.89 bits per heavy atom. The zero-order valence-electron chi connectivity index (χ0n) is 16.8. The van der Waals surface area contributed by atoms with Gasteiger partial charge in [-0.2, -0.15) is 0 Å². The lowest BCUT2D eigenvalue weighted by molar-refractivity contribution is -0.120. The highest BCUT2D eigenvalue weighted by molar-refractivity contribution is 5.98. The molecule has 2 amide bonds. The third kappa shape index (κ3) is 5.77. The minimum atomic E-state index is -0.603. The number of hydrogen-bond acceptors (Lipinski definition) is 5. The molecule has 7 heteroatoms. The fourth-order valence-corrected chi connectivity index (χ4v) is 2.94. The number of nitrogens with one attached hydrogen (secondary N) is 1. The standard InChI is InChI=1S/C20H30N2O5/c1-6-25-14-10-11-17(26-7-2)15(13-14)21-18(23)16-9-8-12-22(16)19(24)27-20(3,4)5/h10-11,13,16H,6-9,12H2,1-5H3,(H,21,23)/t16-/m0/s1. The molecular formula is C20H30N2O5. The molecule has 1 aromatic rings. The Balaban J connectivity index is 2.15. The Morgan fingerprint density at radius 3 is 2.52 bits per heavy atom. The molecule has 1 heterocycles. The van der Waals surface area contributed by atoms with Gasteiger partial charge in [-0.25, -0.2) is 4.79 Å². The van der Waals surface area contributed by atoms with Gasteiger partial charge in [0.2, 0.25) is 5.91 Å². The lowest BCUT2D eigenvalue weighted by Crippen LogP contribution is -2.45. The van der Waals surface area contributed by atoms with E-state index in [4.69, 9.17) is 14.2 Å². The van der Waals surface area contributed by atoms with Crippen molar-refractivity contribution in [3.8, 4) is 11.5 Å². The molecule has 2 rings (SSSR count). The lowest BCUT2D eigenvalue weighted by atomic mass is 10.2. The highest BCUT2D eigenvalue weighted by atomic mass is 16.6. The molecule has 0 unspecified atom stereocenters. The molecule has 1 saturated heterocycles. The molecule has 1 aliphatic rings. The van der Waals surface area contributed by atoms with Crippen molar-refractivity contribution in [3.63, 3.8) is 0 Å². The summed E-state index contributed by atoms with van der Waals surface area (Å²) in [4.78, 5) is 26.8. The number of ether oxygens (including phenoxy) is 3. The zero-order valence-corrected chi connectivity index (χ0v) is 16.8. The maximum Gasteiger partial charge on any atom is 0.410 e. The van der Waals surface area contributed by atoms with Gasteiger partial charge in [-0.15, -0.1) is 0 Å². The van der Waals surface area contributed by atoms with E-state index in [-0.39, 0.29) is 5.91 Å². The van der Waals surface area contributed by atoms with E-state index in [2.05, 4.69) is 5.32 Å². The van der Waals surface area contributed by atoms with Crippen LogP contribution in [0.1, 0.15) is 47.5 Å². The van der Waals surface area contributed by atoms with Crippen molar-refractivity contribution in [2.24, 2.45) is 0 Å². The number of nitrogens with zero attached hydrogens (tertiary/aromatic N) is 1. The molecule has 27 heavy (non-hydrogen) atoms. The quantitative estimate of drug-likeness (QED) is 0.814. The van der Waals surface area contributed by atoms with Gasteiger partial charge in [0, 0.05) is 12.6 Å². The van der Waals surface area contributed by atoms with Crippen molar-refractivity contribution in [3.05, 3.63) is 18.2 Å². The first kappa shape index (κ1) is 20.9. The molecule has 1 aromatic carbocycles. The van der Waals surface area contributed by atoms with Crippen molar-refractivity contribution in [2.45, 2.75) is 59.1 Å². The van der Waals surface area contributed by atoms with Crippen LogP contribution in [-0.2, 0) is 9.53 Å². The van der Waals surface area contributed by atoms with E-state index in [1.54, 1.807) is 18.2 Å². The monoisotopic (exact) mass is 378 g/mol. The first-order valence-corrected chi connectivity index (χ1v) is 9.45. The minimum absolute atomic E-state index is 0.257. The normalized spacial score (nSPS) is 16.8. The second-order valence-electron chi connectivity index (χ2n) is 7.35. The summed E-state index contributed by atoms with van der Waals surface area (Å²) in [5.41, 5.74) is -0.0712. The topological polar surface area (TPSA) is 77.1 Å². The van der Waals surface area contributed by atoms with Crippen molar-refractivity contribution in [2.75, 3.05) is 25.1 Å². The molecule has 0 bridgehead atoms. The lowest BCUT2D eigenvalue weighted by Gasteiger charge is -2.28. The van der Waals surface area contributed by atoms with Crippen LogP contribution in [0.2, 0.25) is 0 Å². The number of benzene rings is 1. The molecule has 0 spiro atoms. The van der Waals surface area contributed by atoms with E-state index in [1.165, 1.54) is 4.90 Å². The third-order valence-corrected chi connectivity index (χ3v) is 4.00. The average Bonchev–Trinajstić information content (AvgIpc) is 3.06. The average molecular weight is 378 g/mol. The largest absolute Gasteiger partial charge is 0.494 e. The molecule has 0 aromatic heterocycles. The molecule has 0 saturated carbocycles. The molecule has 1 atom stereocenters. The van der Waals surface area contributed by atoms with Crippen LogP contribution in [0.3, 0.4) is 0 Å². The van der Waals surface area contributed by atoms with Crippen LogP contribution in [0.4, 0.5) is 10.5 Å². The Labute approximate surface area is 161 Å². The first-order chi connectivity index (χ1) is 12.7. The van der Waals surface area contributed by atoms with Crippen molar-refractivity contribution in [1.82, 2.24) is 4.90 Å². The van der Waals surface area contributed by atoms with Gasteiger partial charge in [-0.1, -0.05) is 0 Å². The number of carbonyl (C=O) groups is 2. The molecule has 0 radical (unpaired) electrons. The SMILES string of the molecule is CCOc1ccc(OCC)c(NC(=O)[C@@H]2CCCN2C(=O)OC(C)(C)C)c1. The van der Waals surface area contributed by atoms with E-state index in [9.17, 15) is 9.59 Å². The number of likely N-dealkylation sites (tertiary alicyclic amines) is 1. The maximum atomic E-state index is 12.9. The second-order valence-corrected chi connectivity index (χ2v) is 7.35. The predicted octanol–water partition coefficient (Wildman–Crippen LogP) is 3.82. The molecule has 150 valence electrons. The zero-order chi connectivity index (χ0) is 20.0. The van der Waals surface area contributed by atoms with Gasteiger partial charge in [-0.05, 0) is 59.6 Å².